The minimum absolute atomic E-state index is 0.105. The Morgan fingerprint density at radius 2 is 1.79 bits per heavy atom. The zero-order valence-corrected chi connectivity index (χ0v) is 11.6. The molecule has 0 saturated carbocycles. The summed E-state index contributed by atoms with van der Waals surface area (Å²) in [5.41, 5.74) is 0.694. The Bertz CT molecular complexity index is 537. The van der Waals surface area contributed by atoms with Crippen molar-refractivity contribution in [1.82, 2.24) is 0 Å². The van der Waals surface area contributed by atoms with Gasteiger partial charge in [-0.2, -0.15) is 0 Å². The molecule has 1 aliphatic heterocycles. The molecule has 1 saturated heterocycles. The number of hydrogen-bond acceptors (Lipinski definition) is 4. The van der Waals surface area contributed by atoms with E-state index in [1.807, 2.05) is 0 Å². The molecule has 0 bridgehead atoms. The van der Waals surface area contributed by atoms with Crippen molar-refractivity contribution in [3.63, 3.8) is 0 Å². The molecule has 104 valence electrons. The fourth-order valence-corrected chi connectivity index (χ4v) is 3.56. The van der Waals surface area contributed by atoms with Crippen molar-refractivity contribution in [2.24, 2.45) is 5.92 Å². The standard InChI is InChI=1S/C13H17NO4S/c1-18-12-4-2-11(3-5-12)14-13(15)10-6-8-19(16,17)9-7-10/h2-5,10H,6-9H2,1H3,(H,14,15). The van der Waals surface area contributed by atoms with E-state index in [9.17, 15) is 13.2 Å². The molecule has 1 heterocycles. The highest BCUT2D eigenvalue weighted by atomic mass is 32.2. The van der Waals surface area contributed by atoms with Crippen LogP contribution in [0.25, 0.3) is 0 Å². The fraction of sp³-hybridized carbons (Fsp3) is 0.462. The second kappa shape index (κ2) is 5.61. The van der Waals surface area contributed by atoms with E-state index < -0.39 is 9.84 Å². The molecule has 5 nitrogen and oxygen atoms in total. The lowest BCUT2D eigenvalue weighted by molar-refractivity contribution is -0.120. The second-order valence-corrected chi connectivity index (χ2v) is 6.95. The number of amides is 1. The molecule has 1 amide bonds. The van der Waals surface area contributed by atoms with Crippen LogP contribution in [0, 0.1) is 5.92 Å². The maximum atomic E-state index is 12.0. The lowest BCUT2D eigenvalue weighted by Crippen LogP contribution is -2.31. The zero-order valence-electron chi connectivity index (χ0n) is 10.8. The second-order valence-electron chi connectivity index (χ2n) is 4.64. The van der Waals surface area contributed by atoms with Crippen molar-refractivity contribution < 1.29 is 17.9 Å². The number of hydrogen-bond donors (Lipinski definition) is 1. The highest BCUT2D eigenvalue weighted by molar-refractivity contribution is 7.91. The van der Waals surface area contributed by atoms with Crippen LogP contribution < -0.4 is 10.1 Å². The molecule has 0 aliphatic carbocycles. The zero-order chi connectivity index (χ0) is 13.9. The van der Waals surface area contributed by atoms with E-state index in [1.165, 1.54) is 0 Å². The first-order chi connectivity index (χ1) is 9.00. The van der Waals surface area contributed by atoms with E-state index in [-0.39, 0.29) is 23.3 Å². The molecule has 2 rings (SSSR count). The quantitative estimate of drug-likeness (QED) is 0.911. The number of ether oxygens (including phenoxy) is 1. The summed E-state index contributed by atoms with van der Waals surface area (Å²) in [4.78, 5) is 12.0. The Morgan fingerprint density at radius 1 is 1.21 bits per heavy atom. The summed E-state index contributed by atoms with van der Waals surface area (Å²) in [7, 11) is -1.35. The first-order valence-corrected chi connectivity index (χ1v) is 7.98. The Morgan fingerprint density at radius 3 is 2.32 bits per heavy atom. The number of anilines is 1. The molecular formula is C13H17NO4S. The molecule has 1 N–H and O–H groups in total. The smallest absolute Gasteiger partial charge is 0.227 e. The summed E-state index contributed by atoms with van der Waals surface area (Å²) in [5, 5.41) is 2.80. The van der Waals surface area contributed by atoms with Crippen LogP contribution in [0.1, 0.15) is 12.8 Å². The van der Waals surface area contributed by atoms with Crippen LogP contribution in [0.5, 0.6) is 5.75 Å². The van der Waals surface area contributed by atoms with Gasteiger partial charge in [-0.05, 0) is 37.1 Å². The van der Waals surface area contributed by atoms with E-state index in [4.69, 9.17) is 4.74 Å². The van der Waals surface area contributed by atoms with Gasteiger partial charge < -0.3 is 10.1 Å². The maximum Gasteiger partial charge on any atom is 0.227 e. The highest BCUT2D eigenvalue weighted by Gasteiger charge is 2.28. The van der Waals surface area contributed by atoms with Crippen LogP contribution in [0.2, 0.25) is 0 Å². The predicted octanol–water partition coefficient (Wildman–Crippen LogP) is 1.46. The summed E-state index contributed by atoms with van der Waals surface area (Å²) in [6.45, 7) is 0. The summed E-state index contributed by atoms with van der Waals surface area (Å²) in [6.07, 6.45) is 0.814. The van der Waals surface area contributed by atoms with Gasteiger partial charge in [0.2, 0.25) is 5.91 Å². The van der Waals surface area contributed by atoms with E-state index in [2.05, 4.69) is 5.32 Å². The molecule has 19 heavy (non-hydrogen) atoms. The minimum atomic E-state index is -2.93. The minimum Gasteiger partial charge on any atom is -0.497 e. The number of carbonyl (C=O) groups is 1. The highest BCUT2D eigenvalue weighted by Crippen LogP contribution is 2.21. The van der Waals surface area contributed by atoms with Crippen LogP contribution in [-0.4, -0.2) is 32.9 Å². The number of benzene rings is 1. The van der Waals surface area contributed by atoms with E-state index in [0.29, 0.717) is 18.5 Å². The largest absolute Gasteiger partial charge is 0.497 e. The van der Waals surface area contributed by atoms with Crippen LogP contribution in [0.3, 0.4) is 0 Å². The molecule has 0 atom stereocenters. The van der Waals surface area contributed by atoms with E-state index in [1.54, 1.807) is 31.4 Å². The molecule has 1 aromatic carbocycles. The molecule has 1 aromatic rings. The summed E-state index contributed by atoms with van der Waals surface area (Å²) < 4.78 is 27.6. The van der Waals surface area contributed by atoms with Crippen molar-refractivity contribution in [1.29, 1.82) is 0 Å². The third-order valence-corrected chi connectivity index (χ3v) is 5.00. The number of nitrogens with one attached hydrogen (secondary N) is 1. The Hall–Kier alpha value is -1.56. The van der Waals surface area contributed by atoms with Gasteiger partial charge in [0.1, 0.15) is 15.6 Å². The lowest BCUT2D eigenvalue weighted by Gasteiger charge is -2.21. The topological polar surface area (TPSA) is 72.5 Å². The van der Waals surface area contributed by atoms with Gasteiger partial charge in [-0.15, -0.1) is 0 Å². The van der Waals surface area contributed by atoms with Gasteiger partial charge in [0, 0.05) is 11.6 Å². The molecule has 0 spiro atoms. The average Bonchev–Trinajstić information content (AvgIpc) is 2.39. The number of carbonyl (C=O) groups excluding carboxylic acids is 1. The van der Waals surface area contributed by atoms with Gasteiger partial charge in [0.05, 0.1) is 18.6 Å². The monoisotopic (exact) mass is 283 g/mol. The van der Waals surface area contributed by atoms with Crippen LogP contribution in [0.15, 0.2) is 24.3 Å². The van der Waals surface area contributed by atoms with Crippen LogP contribution in [-0.2, 0) is 14.6 Å². The third kappa shape index (κ3) is 3.70. The summed E-state index contributed by atoms with van der Waals surface area (Å²) >= 11 is 0. The molecule has 1 aliphatic rings. The number of sulfone groups is 1. The Kier molecular flexibility index (Phi) is 4.09. The van der Waals surface area contributed by atoms with Gasteiger partial charge in [0.25, 0.3) is 0 Å². The lowest BCUT2D eigenvalue weighted by atomic mass is 10.0. The molecule has 1 fully saturated rings. The average molecular weight is 283 g/mol. The van der Waals surface area contributed by atoms with Crippen molar-refractivity contribution in [3.8, 4) is 5.75 Å². The Labute approximate surface area is 112 Å². The van der Waals surface area contributed by atoms with Gasteiger partial charge in [-0.1, -0.05) is 0 Å². The number of methoxy groups -OCH3 is 1. The van der Waals surface area contributed by atoms with Crippen LogP contribution >= 0.6 is 0 Å². The Balaban J connectivity index is 1.94. The SMILES string of the molecule is COc1ccc(NC(=O)C2CCS(=O)(=O)CC2)cc1. The van der Waals surface area contributed by atoms with Gasteiger partial charge >= 0.3 is 0 Å². The third-order valence-electron chi connectivity index (χ3n) is 3.28. The van der Waals surface area contributed by atoms with Crippen LogP contribution in [0.4, 0.5) is 5.69 Å². The summed E-state index contributed by atoms with van der Waals surface area (Å²) in [6, 6.07) is 7.05. The molecular weight excluding hydrogens is 266 g/mol. The normalized spacial score (nSPS) is 18.8. The van der Waals surface area contributed by atoms with Crippen molar-refractivity contribution in [2.75, 3.05) is 23.9 Å². The maximum absolute atomic E-state index is 12.0. The first-order valence-electron chi connectivity index (χ1n) is 6.15. The molecule has 0 radical (unpaired) electrons. The van der Waals surface area contributed by atoms with E-state index in [0.717, 1.165) is 5.75 Å². The predicted molar refractivity (Wildman–Crippen MR) is 73.0 cm³/mol. The van der Waals surface area contributed by atoms with Crippen molar-refractivity contribution in [2.45, 2.75) is 12.8 Å². The van der Waals surface area contributed by atoms with Gasteiger partial charge in [-0.3, -0.25) is 4.79 Å². The fourth-order valence-electron chi connectivity index (χ4n) is 2.07. The molecule has 0 aromatic heterocycles. The van der Waals surface area contributed by atoms with E-state index >= 15 is 0 Å². The summed E-state index contributed by atoms with van der Waals surface area (Å²) in [5.74, 6) is 0.606. The van der Waals surface area contributed by atoms with Crippen molar-refractivity contribution >= 4 is 21.4 Å². The van der Waals surface area contributed by atoms with Gasteiger partial charge in [0.15, 0.2) is 0 Å². The van der Waals surface area contributed by atoms with Crippen molar-refractivity contribution in [3.05, 3.63) is 24.3 Å². The van der Waals surface area contributed by atoms with Gasteiger partial charge in [-0.25, -0.2) is 8.42 Å². The number of rotatable bonds is 3. The first kappa shape index (κ1) is 13.9. The molecule has 6 heteroatoms. The molecule has 0 unspecified atom stereocenters.